The van der Waals surface area contributed by atoms with Gasteiger partial charge in [0.05, 0.1) is 54.6 Å². The maximum Gasteiger partial charge on any atom is 0.220 e. The summed E-state index contributed by atoms with van der Waals surface area (Å²) in [4.78, 5) is 0. The van der Waals surface area contributed by atoms with Crippen LogP contribution in [0.2, 0.25) is 0 Å². The number of pyridine rings is 6. The molecule has 0 radical (unpaired) electrons. The van der Waals surface area contributed by atoms with Crippen LogP contribution in [0.1, 0.15) is 296 Å². The summed E-state index contributed by atoms with van der Waals surface area (Å²) in [5, 5.41) is 15.8. The molecule has 6 heterocycles. The molecule has 0 atom stereocenters. The van der Waals surface area contributed by atoms with Crippen LogP contribution in [0.4, 0.5) is 0 Å². The molecule has 1 aliphatic carbocycles. The molecule has 0 N–H and O–H groups in total. The molecule has 12 aromatic carbocycles. The SMILES string of the molecule is Cc1ccc2cc[n+](C)c(-c3cc(C(C)(C)C)cc(C(C)(C)C)c3C)c2c1.Cc1ccc2cc[n+](C)c(-c3cc(C(C)(C)C)cc(C)c3C)c2c1.Cc1ccc2cc[n+](C)c(-c3cc(C(C)(C)C)ccc3C)c2c1.Cc1ccc2cc[n+](C)c(-c3cc(C(C)C)cc(C(C)C)c3C)c2c1.Cc1ccc2cc[n+](C)c(-c3cc(C(C)C)cc(C)c3C)c2c1.Cc1ccc2cc[n+](C)c(-c3cc(C4CCCC4)ccc3C)c2c1. The van der Waals surface area contributed by atoms with Crippen LogP contribution in [0.3, 0.4) is 0 Å². The van der Waals surface area contributed by atoms with Gasteiger partial charge in [0.2, 0.25) is 34.2 Å². The van der Waals surface area contributed by atoms with E-state index in [0.717, 1.165) is 5.92 Å². The number of aryl methyl sites for hydroxylation is 16. The molecule has 1 saturated carbocycles. The van der Waals surface area contributed by atoms with Crippen molar-refractivity contribution >= 4 is 64.6 Å². The lowest BCUT2D eigenvalue weighted by molar-refractivity contribution is -0.659. The first-order valence-electron chi connectivity index (χ1n) is 53.8. The van der Waals surface area contributed by atoms with E-state index in [2.05, 4.69) is 559 Å². The number of hydrogen-bond donors (Lipinski definition) is 0. The number of nitrogens with zero attached hydrogens (tertiary/aromatic N) is 6. The first kappa shape index (κ1) is 109. The number of benzene rings is 12. The van der Waals surface area contributed by atoms with Crippen molar-refractivity contribution in [3.05, 3.63) is 390 Å². The molecule has 0 spiro atoms. The predicted octanol–water partition coefficient (Wildman–Crippen LogP) is 34.5. The zero-order valence-electron chi connectivity index (χ0n) is 96.2. The van der Waals surface area contributed by atoms with Gasteiger partial charge in [-0.1, -0.05) is 292 Å². The Labute approximate surface area is 878 Å². The van der Waals surface area contributed by atoms with E-state index in [0.29, 0.717) is 17.8 Å². The van der Waals surface area contributed by atoms with Crippen molar-refractivity contribution in [2.45, 2.75) is 293 Å². The molecule has 0 unspecified atom stereocenters. The Kier molecular flexibility index (Phi) is 32.8. The highest BCUT2D eigenvalue weighted by Gasteiger charge is 2.32. The van der Waals surface area contributed by atoms with Gasteiger partial charge in [-0.2, -0.15) is 0 Å². The molecule has 0 bridgehead atoms. The molecular formula is C140H170N6+6. The average Bonchev–Trinajstić information content (AvgIpc) is 0.793. The van der Waals surface area contributed by atoms with Crippen molar-refractivity contribution in [3.63, 3.8) is 0 Å². The molecule has 6 aromatic heterocycles. The Morgan fingerprint density at radius 2 is 0.500 bits per heavy atom. The van der Waals surface area contributed by atoms with E-state index in [9.17, 15) is 0 Å². The molecule has 18 aromatic rings. The fraction of sp³-hybridized carbons (Fsp3) is 0.357. The lowest BCUT2D eigenvalue weighted by Crippen LogP contribution is -2.31. The van der Waals surface area contributed by atoms with E-state index < -0.39 is 0 Å². The lowest BCUT2D eigenvalue weighted by Gasteiger charge is -2.28. The zero-order valence-corrected chi connectivity index (χ0v) is 96.2. The van der Waals surface area contributed by atoms with E-state index >= 15 is 0 Å². The maximum atomic E-state index is 2.46. The van der Waals surface area contributed by atoms with Crippen LogP contribution >= 0.6 is 0 Å². The highest BCUT2D eigenvalue weighted by molar-refractivity contribution is 6.00. The van der Waals surface area contributed by atoms with Gasteiger partial charge in [0.1, 0.15) is 42.3 Å². The van der Waals surface area contributed by atoms with Crippen molar-refractivity contribution in [2.75, 3.05) is 0 Å². The second-order valence-corrected chi connectivity index (χ2v) is 48.2. The molecule has 0 amide bonds. The van der Waals surface area contributed by atoms with Gasteiger partial charge < -0.3 is 0 Å². The fourth-order valence-corrected chi connectivity index (χ4v) is 21.7. The van der Waals surface area contributed by atoms with E-state index in [1.165, 1.54) is 280 Å². The lowest BCUT2D eigenvalue weighted by atomic mass is 9.76. The monoisotopic (exact) mass is 1940 g/mol. The maximum absolute atomic E-state index is 2.46. The third-order valence-electron chi connectivity index (χ3n) is 31.2. The van der Waals surface area contributed by atoms with Crippen LogP contribution in [-0.2, 0) is 63.9 Å². The van der Waals surface area contributed by atoms with Crippen LogP contribution in [0.15, 0.2) is 268 Å². The molecular weight excluding hydrogens is 1770 g/mol. The van der Waals surface area contributed by atoms with Gasteiger partial charge >= 0.3 is 0 Å². The van der Waals surface area contributed by atoms with Crippen molar-refractivity contribution < 1.29 is 27.4 Å². The second-order valence-electron chi connectivity index (χ2n) is 48.2. The number of fused-ring (bicyclic) bond motifs is 6. The number of aromatic nitrogens is 6. The number of rotatable bonds is 10. The number of hydrogen-bond acceptors (Lipinski definition) is 0. The van der Waals surface area contributed by atoms with Crippen molar-refractivity contribution in [3.8, 4) is 67.5 Å². The molecule has 1 fully saturated rings. The van der Waals surface area contributed by atoms with Crippen LogP contribution < -0.4 is 27.4 Å². The zero-order chi connectivity index (χ0) is 106. The normalized spacial score (nSPS) is 12.5. The molecule has 0 saturated heterocycles. The van der Waals surface area contributed by atoms with Gasteiger partial charge in [0.15, 0.2) is 37.2 Å². The fourth-order valence-electron chi connectivity index (χ4n) is 21.7. The molecule has 6 nitrogen and oxygen atoms in total. The highest BCUT2D eigenvalue weighted by atomic mass is 14.9. The summed E-state index contributed by atoms with van der Waals surface area (Å²) in [7, 11) is 12.9. The minimum absolute atomic E-state index is 0.110. The summed E-state index contributed by atoms with van der Waals surface area (Å²) in [5.74, 6) is 2.35. The molecule has 0 aliphatic heterocycles. The van der Waals surface area contributed by atoms with Crippen LogP contribution in [0, 0.1) is 96.9 Å². The summed E-state index contributed by atoms with van der Waals surface area (Å²) < 4.78 is 13.6. The van der Waals surface area contributed by atoms with Gasteiger partial charge in [-0.05, 0) is 349 Å². The summed E-state index contributed by atoms with van der Waals surface area (Å²) in [6, 6.07) is 86.8. The third-order valence-corrected chi connectivity index (χ3v) is 31.2. The van der Waals surface area contributed by atoms with E-state index in [1.54, 1.807) is 0 Å². The Morgan fingerprint density at radius 1 is 0.226 bits per heavy atom. The summed E-state index contributed by atoms with van der Waals surface area (Å²) >= 11 is 0. The molecule has 146 heavy (non-hydrogen) atoms. The van der Waals surface area contributed by atoms with E-state index in [1.807, 2.05) is 0 Å². The predicted molar refractivity (Wildman–Crippen MR) is 628 cm³/mol. The second kappa shape index (κ2) is 44.0. The van der Waals surface area contributed by atoms with Gasteiger partial charge in [-0.3, -0.25) is 0 Å². The van der Waals surface area contributed by atoms with E-state index in [-0.39, 0.29) is 21.7 Å². The molecule has 754 valence electrons. The topological polar surface area (TPSA) is 23.3 Å². The largest absolute Gasteiger partial charge is 0.220 e. The van der Waals surface area contributed by atoms with Crippen molar-refractivity contribution in [2.24, 2.45) is 42.3 Å². The minimum atomic E-state index is 0.110. The van der Waals surface area contributed by atoms with Gasteiger partial charge in [-0.25, -0.2) is 27.4 Å². The highest BCUT2D eigenvalue weighted by Crippen LogP contribution is 2.45. The van der Waals surface area contributed by atoms with Crippen LogP contribution in [-0.4, -0.2) is 0 Å². The average molecular weight is 1940 g/mol. The van der Waals surface area contributed by atoms with Crippen molar-refractivity contribution in [1.82, 2.24) is 0 Å². The summed E-state index contributed by atoms with van der Waals surface area (Å²) in [6.45, 7) is 72.2. The molecule has 1 aliphatic rings. The Balaban J connectivity index is 0.000000139. The summed E-state index contributed by atoms with van der Waals surface area (Å²) in [6.07, 6.45) is 18.5. The van der Waals surface area contributed by atoms with Crippen LogP contribution in [0.5, 0.6) is 0 Å². The quantitative estimate of drug-likeness (QED) is 0.122. The molecule has 6 heteroatoms. The van der Waals surface area contributed by atoms with Crippen LogP contribution in [0.25, 0.3) is 132 Å². The smallest absolute Gasteiger partial charge is 0.200 e. The van der Waals surface area contributed by atoms with Gasteiger partial charge in [0, 0.05) is 47.5 Å². The van der Waals surface area contributed by atoms with Gasteiger partial charge in [0.25, 0.3) is 0 Å². The Bertz CT molecular complexity index is 7930. The van der Waals surface area contributed by atoms with Gasteiger partial charge in [-0.15, -0.1) is 0 Å². The minimum Gasteiger partial charge on any atom is -0.200 e. The first-order chi connectivity index (χ1) is 68.6. The van der Waals surface area contributed by atoms with Crippen molar-refractivity contribution in [1.29, 1.82) is 0 Å². The molecule has 19 rings (SSSR count). The summed E-state index contributed by atoms with van der Waals surface area (Å²) in [5.41, 5.74) is 46.8. The first-order valence-corrected chi connectivity index (χ1v) is 53.8. The standard InChI is InChI=1S/C26H34N.C24H30N.C23H26N.C23H28N.2C22H26N/c1-17-10-11-19-12-13-27(9)24(22(19)14-17)21-15-20(25(3,4)5)16-23(18(21)2)26(6,7)8;1-15(2)20-13-21(16(3)4)18(6)22(14-20)24-23-12-17(5)8-9-19(23)10-11-25(24)7;1-16-8-10-19-12-13-24(3)23(22(19)14-16)21-15-20(11-9-17(21)2)18-6-4-5-7-18;1-15-8-9-18-10-11-24(7)22(21(18)12-15)20-14-19(23(4,5)6)13-16(2)17(20)3;1-15-7-9-17-11-12-23(6)21(20(17)13-15)19-14-18(22(3,4)5)10-8-16(19)2;1-14(2)19-12-16(4)17(5)20(13-19)22-21-11-15(3)7-8-18(21)9-10-23(22)6/h10-16H,1-9H3;8-16H,1-7H3;8-15,18H,4-7H2,1-3H3;8-14H,1-7H3;2*7-14H,1-6H3/q6*+1. The van der Waals surface area contributed by atoms with E-state index in [4.69, 9.17) is 0 Å². The Morgan fingerprint density at radius 3 is 0.815 bits per heavy atom. The third kappa shape index (κ3) is 24.0. The Hall–Kier alpha value is -12.9.